The van der Waals surface area contributed by atoms with Crippen LogP contribution in [-0.2, 0) is 35.6 Å². The number of hydrogen-bond donors (Lipinski definition) is 3. The first-order valence-electron chi connectivity index (χ1n) is 26.6. The van der Waals surface area contributed by atoms with Crippen molar-refractivity contribution < 1.29 is 38.1 Å². The van der Waals surface area contributed by atoms with Crippen LogP contribution >= 0.6 is 21.6 Å². The fourth-order valence-corrected chi connectivity index (χ4v) is 12.9. The molecule has 0 aliphatic carbocycles. The van der Waals surface area contributed by atoms with E-state index in [4.69, 9.17) is 18.9 Å². The minimum atomic E-state index is -0.191. The van der Waals surface area contributed by atoms with Gasteiger partial charge in [-0.15, -0.1) is 0 Å². The number of ether oxygens (including phenoxy) is 4. The van der Waals surface area contributed by atoms with Crippen LogP contribution in [0, 0.1) is 0 Å². The molecule has 76 heavy (non-hydrogen) atoms. The first-order valence-corrected chi connectivity index (χ1v) is 28.9. The molecule has 0 radical (unpaired) electrons. The molecule has 3 aliphatic heterocycles. The molecule has 14 nitrogen and oxygen atoms in total. The Morgan fingerprint density at radius 2 is 1.54 bits per heavy atom. The minimum absolute atomic E-state index is 0.0256. The van der Waals surface area contributed by atoms with Crippen molar-refractivity contribution in [2.45, 2.75) is 122 Å². The smallest absolute Gasteiger partial charge is 0.260 e. The number of para-hydroxylation sites is 2. The molecule has 0 aromatic heterocycles. The van der Waals surface area contributed by atoms with Gasteiger partial charge in [-0.2, -0.15) is 0 Å². The first kappa shape index (κ1) is 55.7. The number of nitrogens with zero attached hydrogens (tertiary/aromatic N) is 3. The second kappa shape index (κ2) is 25.5. The number of fused-ring (bicyclic) bond motifs is 5. The second-order valence-corrected chi connectivity index (χ2v) is 23.7. The van der Waals surface area contributed by atoms with Crippen LogP contribution in [-0.4, -0.2) is 94.0 Å². The van der Waals surface area contributed by atoms with Gasteiger partial charge in [0.1, 0.15) is 13.2 Å². The van der Waals surface area contributed by atoms with Crippen LogP contribution in [0.5, 0.6) is 23.0 Å². The molecule has 5 aromatic carbocycles. The fourth-order valence-electron chi connectivity index (χ4n) is 10.3. The monoisotopic (exact) mass is 1070 g/mol. The summed E-state index contributed by atoms with van der Waals surface area (Å²) in [7, 11) is 10.5. The van der Waals surface area contributed by atoms with Crippen molar-refractivity contribution in [3.63, 3.8) is 0 Å². The Morgan fingerprint density at radius 1 is 0.868 bits per heavy atom. The number of rotatable bonds is 26. The van der Waals surface area contributed by atoms with Crippen molar-refractivity contribution in [1.82, 2.24) is 5.32 Å². The zero-order valence-electron chi connectivity index (χ0n) is 45.3. The zero-order chi connectivity index (χ0) is 53.9. The number of benzene rings is 5. The summed E-state index contributed by atoms with van der Waals surface area (Å²) in [6.07, 6.45) is 7.73. The van der Waals surface area contributed by atoms with Crippen LogP contribution < -0.4 is 49.6 Å². The number of carbonyl (C=O) groups excluding carboxylic acids is 4. The fraction of sp³-hybridized carbons (Fsp3) is 0.433. The van der Waals surface area contributed by atoms with Crippen molar-refractivity contribution in [2.75, 3.05) is 72.5 Å². The van der Waals surface area contributed by atoms with Crippen LogP contribution in [0.25, 0.3) is 0 Å². The van der Waals surface area contributed by atoms with Crippen LogP contribution in [0.1, 0.15) is 116 Å². The Bertz CT molecular complexity index is 2880. The van der Waals surface area contributed by atoms with E-state index in [9.17, 15) is 19.2 Å². The molecule has 0 spiro atoms. The standard InChI is InChI=1S/C60H74N6O8S2/c1-9-16-44(10-2)63-57(68)21-15-24-75-76-60(3,4)23-22-58(69)65(6)45-26-39(37-73-55-32-49(43(36-67)30-53(55)71-7)61-34-46-28-41-17-11-13-19-51(41)64(46)5)25-40(27-45)38-74-56-33-50-48(31-54(56)72-8)59(70)66-47(35-62-50)29-42-18-12-14-20-52(42)66/h11-14,17-20,25-27,30-33,36,44,46-47,61-62H,9-10,15-16,21-24,28-29,34-35,37-38H2,1-8H3,(H,63,68)/t44?,46?,47-/m0/s1. The van der Waals surface area contributed by atoms with Gasteiger partial charge in [0.15, 0.2) is 29.3 Å². The molecule has 2 unspecified atom stereocenters. The molecule has 3 aliphatic rings. The minimum Gasteiger partial charge on any atom is -0.493 e. The number of nitrogens with one attached hydrogen (secondary N) is 3. The van der Waals surface area contributed by atoms with Crippen LogP contribution in [0.2, 0.25) is 0 Å². The summed E-state index contributed by atoms with van der Waals surface area (Å²) >= 11 is 0. The highest BCUT2D eigenvalue weighted by Gasteiger charge is 2.38. The van der Waals surface area contributed by atoms with Crippen molar-refractivity contribution in [1.29, 1.82) is 0 Å². The lowest BCUT2D eigenvalue weighted by Crippen LogP contribution is -2.39. The molecular formula is C60H74N6O8S2. The largest absolute Gasteiger partial charge is 0.493 e. The van der Waals surface area contributed by atoms with Gasteiger partial charge >= 0.3 is 0 Å². The molecule has 3 amide bonds. The van der Waals surface area contributed by atoms with E-state index in [1.165, 1.54) is 11.3 Å². The van der Waals surface area contributed by atoms with Crippen LogP contribution in [0.3, 0.4) is 0 Å². The van der Waals surface area contributed by atoms with Gasteiger partial charge < -0.3 is 49.6 Å². The molecule has 3 N–H and O–H groups in total. The maximum Gasteiger partial charge on any atom is 0.260 e. The second-order valence-electron chi connectivity index (χ2n) is 20.5. The van der Waals surface area contributed by atoms with E-state index < -0.39 is 0 Å². The van der Waals surface area contributed by atoms with Crippen molar-refractivity contribution in [3.05, 3.63) is 124 Å². The van der Waals surface area contributed by atoms with Gasteiger partial charge in [-0.1, -0.05) is 78.3 Å². The highest BCUT2D eigenvalue weighted by molar-refractivity contribution is 8.77. The van der Waals surface area contributed by atoms with Gasteiger partial charge in [-0.25, -0.2) is 0 Å². The third-order valence-electron chi connectivity index (χ3n) is 14.7. The maximum absolute atomic E-state index is 14.2. The Hall–Kier alpha value is -6.52. The van der Waals surface area contributed by atoms with Gasteiger partial charge in [-0.05, 0) is 117 Å². The summed E-state index contributed by atoms with van der Waals surface area (Å²) in [5, 5.41) is 10.2. The normalized spacial score (nSPS) is 15.8. The molecule has 0 saturated carbocycles. The Labute approximate surface area is 456 Å². The third kappa shape index (κ3) is 13.3. The zero-order valence-corrected chi connectivity index (χ0v) is 46.9. The summed E-state index contributed by atoms with van der Waals surface area (Å²) < 4.78 is 24.5. The SMILES string of the molecule is CCCC(CC)NC(=O)CCCSSC(C)(C)CCC(=O)N(C)c1cc(COc2cc(NCC3Cc4ccccc4N3C)c(C=O)cc2OC)cc(COc2cc3c(cc2OC)C(=O)N2c4ccccc4C[C@H]2CN3)c1. The molecule has 5 aromatic rings. The number of anilines is 5. The predicted molar refractivity (Wildman–Crippen MR) is 310 cm³/mol. The molecule has 3 atom stereocenters. The lowest BCUT2D eigenvalue weighted by Gasteiger charge is -2.25. The highest BCUT2D eigenvalue weighted by Crippen LogP contribution is 2.42. The Balaban J connectivity index is 0.979. The van der Waals surface area contributed by atoms with Crippen molar-refractivity contribution in [2.24, 2.45) is 0 Å². The Kier molecular flexibility index (Phi) is 18.7. The molecule has 16 heteroatoms. The number of aldehydes is 1. The average molecular weight is 1070 g/mol. The molecule has 0 saturated heterocycles. The summed E-state index contributed by atoms with van der Waals surface area (Å²) in [6.45, 7) is 9.95. The summed E-state index contributed by atoms with van der Waals surface area (Å²) in [5.41, 5.74) is 9.05. The quantitative estimate of drug-likeness (QED) is 0.0274. The van der Waals surface area contributed by atoms with E-state index in [0.29, 0.717) is 83.5 Å². The summed E-state index contributed by atoms with van der Waals surface area (Å²) in [4.78, 5) is 59.1. The maximum atomic E-state index is 14.2. The first-order chi connectivity index (χ1) is 36.7. The highest BCUT2D eigenvalue weighted by atomic mass is 33.1. The van der Waals surface area contributed by atoms with Gasteiger partial charge in [0.25, 0.3) is 5.91 Å². The van der Waals surface area contributed by atoms with Gasteiger partial charge in [0, 0.05) is 97.0 Å². The van der Waals surface area contributed by atoms with Crippen LogP contribution in [0.4, 0.5) is 28.4 Å². The lowest BCUT2D eigenvalue weighted by atomic mass is 10.1. The van der Waals surface area contributed by atoms with E-state index in [1.54, 1.807) is 59.9 Å². The van der Waals surface area contributed by atoms with E-state index in [1.807, 2.05) is 59.5 Å². The van der Waals surface area contributed by atoms with Crippen molar-refractivity contribution >= 4 is 74.0 Å². The topological polar surface area (TPSA) is 151 Å². The summed E-state index contributed by atoms with van der Waals surface area (Å²) in [5.74, 6) is 2.57. The number of methoxy groups -OCH3 is 2. The molecule has 3 heterocycles. The van der Waals surface area contributed by atoms with E-state index in [2.05, 4.69) is 79.9 Å². The molecule has 0 bridgehead atoms. The van der Waals surface area contributed by atoms with E-state index in [-0.39, 0.29) is 53.8 Å². The molecule has 0 fully saturated rings. The molecular weight excluding hydrogens is 997 g/mol. The number of carbonyl (C=O) groups is 4. The Morgan fingerprint density at radius 3 is 2.21 bits per heavy atom. The van der Waals surface area contributed by atoms with Gasteiger partial charge in [-0.3, -0.25) is 19.2 Å². The molecule has 8 rings (SSSR count). The van der Waals surface area contributed by atoms with Gasteiger partial charge in [0.05, 0.1) is 37.6 Å². The number of amides is 3. The molecule has 404 valence electrons. The number of hydrogen-bond acceptors (Lipinski definition) is 13. The van der Waals surface area contributed by atoms with Crippen molar-refractivity contribution in [3.8, 4) is 23.0 Å². The van der Waals surface area contributed by atoms with E-state index in [0.717, 1.165) is 72.9 Å². The van der Waals surface area contributed by atoms with Crippen LogP contribution in [0.15, 0.2) is 91.0 Å². The summed E-state index contributed by atoms with van der Waals surface area (Å²) in [6, 6.07) is 29.8. The third-order valence-corrected chi connectivity index (χ3v) is 18.1. The number of likely N-dealkylation sites (N-methyl/N-ethyl adjacent to an activating group) is 1. The van der Waals surface area contributed by atoms with E-state index >= 15 is 0 Å². The predicted octanol–water partition coefficient (Wildman–Crippen LogP) is 11.5. The average Bonchev–Trinajstić information content (AvgIpc) is 3.95. The lowest BCUT2D eigenvalue weighted by molar-refractivity contribution is -0.122. The van der Waals surface area contributed by atoms with Gasteiger partial charge in [0.2, 0.25) is 11.8 Å².